The van der Waals surface area contributed by atoms with E-state index in [0.29, 0.717) is 0 Å². The molecule has 0 amide bonds. The number of rotatable bonds is 3. The zero-order chi connectivity index (χ0) is 13.8. The van der Waals surface area contributed by atoms with Gasteiger partial charge in [0.1, 0.15) is 0 Å². The Morgan fingerprint density at radius 2 is 1.75 bits per heavy atom. The van der Waals surface area contributed by atoms with E-state index in [9.17, 15) is 0 Å². The van der Waals surface area contributed by atoms with Gasteiger partial charge in [0.15, 0.2) is 0 Å². The molecule has 20 heavy (non-hydrogen) atoms. The largest absolute Gasteiger partial charge is 0.302 e. The summed E-state index contributed by atoms with van der Waals surface area (Å²) in [7, 11) is 0. The highest BCUT2D eigenvalue weighted by molar-refractivity contribution is 5.81. The zero-order valence-electron chi connectivity index (χ0n) is 12.3. The summed E-state index contributed by atoms with van der Waals surface area (Å²) in [5.74, 6) is 0. The Morgan fingerprint density at radius 1 is 1.00 bits per heavy atom. The van der Waals surface area contributed by atoms with E-state index in [1.165, 1.54) is 49.1 Å². The van der Waals surface area contributed by atoms with E-state index in [-0.39, 0.29) is 0 Å². The average molecular weight is 269 g/mol. The van der Waals surface area contributed by atoms with Gasteiger partial charge >= 0.3 is 0 Å². The van der Waals surface area contributed by atoms with Gasteiger partial charge < -0.3 is 4.90 Å². The van der Waals surface area contributed by atoms with Crippen molar-refractivity contribution >= 4 is 10.8 Å². The number of pyridine rings is 1. The smallest absolute Gasteiger partial charge is 0.0550 e. The maximum absolute atomic E-state index is 4.62. The van der Waals surface area contributed by atoms with Gasteiger partial charge in [-0.3, -0.25) is 9.88 Å². The van der Waals surface area contributed by atoms with E-state index < -0.39 is 0 Å². The highest BCUT2D eigenvalue weighted by Gasteiger charge is 2.14. The van der Waals surface area contributed by atoms with Crippen molar-refractivity contribution in [2.45, 2.75) is 19.9 Å². The van der Waals surface area contributed by atoms with Crippen LogP contribution in [0.5, 0.6) is 0 Å². The molecule has 1 fully saturated rings. The molecule has 1 aliphatic heterocycles. The van der Waals surface area contributed by atoms with Gasteiger partial charge in [-0.25, -0.2) is 0 Å². The SMILES string of the molecule is CCN1CCCN(Cc2cc3ccccc3cn2)CC1. The molecule has 1 aliphatic rings. The second kappa shape index (κ2) is 6.33. The summed E-state index contributed by atoms with van der Waals surface area (Å²) in [4.78, 5) is 9.69. The topological polar surface area (TPSA) is 19.4 Å². The first kappa shape index (κ1) is 13.5. The summed E-state index contributed by atoms with van der Waals surface area (Å²) in [6.45, 7) is 9.15. The quantitative estimate of drug-likeness (QED) is 0.854. The fraction of sp³-hybridized carbons (Fsp3) is 0.471. The van der Waals surface area contributed by atoms with Crippen molar-refractivity contribution in [3.05, 3.63) is 42.2 Å². The summed E-state index contributed by atoms with van der Waals surface area (Å²) in [6.07, 6.45) is 3.27. The lowest BCUT2D eigenvalue weighted by Crippen LogP contribution is -2.30. The summed E-state index contributed by atoms with van der Waals surface area (Å²) < 4.78 is 0. The summed E-state index contributed by atoms with van der Waals surface area (Å²) in [5, 5.41) is 2.52. The molecule has 3 rings (SSSR count). The molecule has 2 aromatic rings. The Kier molecular flexibility index (Phi) is 4.28. The number of aromatic nitrogens is 1. The second-order valence-corrected chi connectivity index (χ2v) is 5.59. The maximum Gasteiger partial charge on any atom is 0.0550 e. The molecule has 1 aromatic heterocycles. The van der Waals surface area contributed by atoms with E-state index in [4.69, 9.17) is 0 Å². The summed E-state index contributed by atoms with van der Waals surface area (Å²) in [5.41, 5.74) is 1.19. The lowest BCUT2D eigenvalue weighted by Gasteiger charge is -2.20. The van der Waals surface area contributed by atoms with Gasteiger partial charge in [-0.2, -0.15) is 0 Å². The molecule has 0 N–H and O–H groups in total. The Balaban J connectivity index is 1.69. The molecular weight excluding hydrogens is 246 g/mol. The predicted octanol–water partition coefficient (Wildman–Crippen LogP) is 2.76. The van der Waals surface area contributed by atoms with E-state index in [2.05, 4.69) is 52.0 Å². The van der Waals surface area contributed by atoms with Gasteiger partial charge in [-0.15, -0.1) is 0 Å². The lowest BCUT2D eigenvalue weighted by molar-refractivity contribution is 0.255. The Morgan fingerprint density at radius 3 is 2.60 bits per heavy atom. The van der Waals surface area contributed by atoms with Crippen molar-refractivity contribution in [1.29, 1.82) is 0 Å². The Hall–Kier alpha value is -1.45. The average Bonchev–Trinajstić information content (AvgIpc) is 2.72. The van der Waals surface area contributed by atoms with Crippen LogP contribution in [0.4, 0.5) is 0 Å². The minimum Gasteiger partial charge on any atom is -0.302 e. The molecule has 1 saturated heterocycles. The Bertz CT molecular complexity index is 567. The van der Waals surface area contributed by atoms with Crippen molar-refractivity contribution in [2.24, 2.45) is 0 Å². The number of likely N-dealkylation sites (N-methyl/N-ethyl adjacent to an activating group) is 1. The first-order chi connectivity index (χ1) is 9.85. The van der Waals surface area contributed by atoms with Gasteiger partial charge in [0.25, 0.3) is 0 Å². The summed E-state index contributed by atoms with van der Waals surface area (Å²) in [6, 6.07) is 10.7. The number of hydrogen-bond donors (Lipinski definition) is 0. The van der Waals surface area contributed by atoms with Crippen LogP contribution in [0.1, 0.15) is 19.0 Å². The van der Waals surface area contributed by atoms with Crippen LogP contribution in [0.15, 0.2) is 36.5 Å². The van der Waals surface area contributed by atoms with Crippen LogP contribution in [0.3, 0.4) is 0 Å². The molecule has 0 unspecified atom stereocenters. The molecule has 0 atom stereocenters. The molecule has 0 saturated carbocycles. The normalized spacial score (nSPS) is 18.2. The number of fused-ring (bicyclic) bond motifs is 1. The van der Waals surface area contributed by atoms with Gasteiger partial charge in [0, 0.05) is 31.2 Å². The monoisotopic (exact) mass is 269 g/mol. The molecule has 0 bridgehead atoms. The van der Waals surface area contributed by atoms with E-state index in [1.54, 1.807) is 0 Å². The summed E-state index contributed by atoms with van der Waals surface area (Å²) >= 11 is 0. The number of nitrogens with zero attached hydrogens (tertiary/aromatic N) is 3. The van der Waals surface area contributed by atoms with Crippen LogP contribution < -0.4 is 0 Å². The first-order valence-corrected chi connectivity index (χ1v) is 7.63. The third-order valence-corrected chi connectivity index (χ3v) is 4.20. The first-order valence-electron chi connectivity index (χ1n) is 7.63. The lowest BCUT2D eigenvalue weighted by atomic mass is 10.1. The van der Waals surface area contributed by atoms with Crippen molar-refractivity contribution in [2.75, 3.05) is 32.7 Å². The van der Waals surface area contributed by atoms with Gasteiger partial charge in [-0.05, 0) is 37.5 Å². The molecule has 2 heterocycles. The highest BCUT2D eigenvalue weighted by Crippen LogP contribution is 2.15. The van der Waals surface area contributed by atoms with Crippen LogP contribution in [0, 0.1) is 0 Å². The van der Waals surface area contributed by atoms with Crippen LogP contribution >= 0.6 is 0 Å². The second-order valence-electron chi connectivity index (χ2n) is 5.59. The Labute approximate surface area is 121 Å². The fourth-order valence-corrected chi connectivity index (χ4v) is 2.94. The predicted molar refractivity (Wildman–Crippen MR) is 83.8 cm³/mol. The standard InChI is InChI=1S/C17H23N3/c1-2-19-8-5-9-20(11-10-19)14-17-12-15-6-3-4-7-16(15)13-18-17/h3-4,6-7,12-13H,2,5,8-11,14H2,1H3. The minimum atomic E-state index is 0.975. The number of hydrogen-bond acceptors (Lipinski definition) is 3. The van der Waals surface area contributed by atoms with Crippen molar-refractivity contribution in [1.82, 2.24) is 14.8 Å². The van der Waals surface area contributed by atoms with Crippen LogP contribution in [0.25, 0.3) is 10.8 Å². The van der Waals surface area contributed by atoms with Crippen LogP contribution in [-0.4, -0.2) is 47.5 Å². The molecule has 0 aliphatic carbocycles. The van der Waals surface area contributed by atoms with Crippen LogP contribution in [-0.2, 0) is 6.54 Å². The van der Waals surface area contributed by atoms with E-state index in [0.717, 1.165) is 13.1 Å². The fourth-order valence-electron chi connectivity index (χ4n) is 2.94. The van der Waals surface area contributed by atoms with Crippen molar-refractivity contribution in [3.63, 3.8) is 0 Å². The van der Waals surface area contributed by atoms with E-state index in [1.807, 2.05) is 6.20 Å². The van der Waals surface area contributed by atoms with E-state index >= 15 is 0 Å². The zero-order valence-corrected chi connectivity index (χ0v) is 12.3. The third-order valence-electron chi connectivity index (χ3n) is 4.20. The van der Waals surface area contributed by atoms with Crippen molar-refractivity contribution in [3.8, 4) is 0 Å². The highest BCUT2D eigenvalue weighted by atomic mass is 15.2. The van der Waals surface area contributed by atoms with Gasteiger partial charge in [0.2, 0.25) is 0 Å². The maximum atomic E-state index is 4.62. The van der Waals surface area contributed by atoms with Crippen LogP contribution in [0.2, 0.25) is 0 Å². The molecule has 0 radical (unpaired) electrons. The molecular formula is C17H23N3. The molecule has 0 spiro atoms. The number of benzene rings is 1. The molecule has 106 valence electrons. The van der Waals surface area contributed by atoms with Crippen molar-refractivity contribution < 1.29 is 0 Å². The third kappa shape index (κ3) is 3.17. The van der Waals surface area contributed by atoms with Gasteiger partial charge in [-0.1, -0.05) is 31.2 Å². The molecule has 3 nitrogen and oxygen atoms in total. The minimum absolute atomic E-state index is 0.975. The molecule has 1 aromatic carbocycles. The van der Waals surface area contributed by atoms with Gasteiger partial charge in [0.05, 0.1) is 5.69 Å². The molecule has 3 heteroatoms.